The molecule has 5 nitrogen and oxygen atoms in total. The number of aromatic nitrogens is 4. The highest BCUT2D eigenvalue weighted by Gasteiger charge is 2.16. The highest BCUT2D eigenvalue weighted by atomic mass is 16.3. The quantitative estimate of drug-likeness (QED) is 0.172. The van der Waals surface area contributed by atoms with Crippen molar-refractivity contribution in [3.8, 4) is 62.3 Å². The summed E-state index contributed by atoms with van der Waals surface area (Å²) in [4.78, 5) is 15.3. The number of furan rings is 1. The number of hydrogen-bond donors (Lipinski definition) is 0. The number of para-hydroxylation sites is 3. The zero-order valence-electron chi connectivity index (χ0n) is 30.2. The van der Waals surface area contributed by atoms with Gasteiger partial charge in [0.1, 0.15) is 11.3 Å². The molecule has 0 aliphatic heterocycles. The molecule has 0 N–H and O–H groups in total. The van der Waals surface area contributed by atoms with Gasteiger partial charge in [-0.05, 0) is 82.6 Å². The van der Waals surface area contributed by atoms with Crippen molar-refractivity contribution in [2.45, 2.75) is 0 Å². The van der Waals surface area contributed by atoms with Crippen LogP contribution in [-0.4, -0.2) is 19.5 Å². The second-order valence-corrected chi connectivity index (χ2v) is 14.1. The maximum absolute atomic E-state index is 6.16. The minimum absolute atomic E-state index is 0.604. The molecule has 0 fully saturated rings. The zero-order chi connectivity index (χ0) is 37.0. The maximum atomic E-state index is 6.16. The van der Waals surface area contributed by atoms with Crippen molar-refractivity contribution in [3.05, 3.63) is 194 Å². The van der Waals surface area contributed by atoms with Gasteiger partial charge in [-0.1, -0.05) is 133 Å². The van der Waals surface area contributed by atoms with Crippen molar-refractivity contribution < 1.29 is 4.42 Å². The Hall–Kier alpha value is -7.63. The van der Waals surface area contributed by atoms with Crippen molar-refractivity contribution in [1.82, 2.24) is 19.5 Å². The summed E-state index contributed by atoms with van der Waals surface area (Å²) < 4.78 is 8.48. The Labute approximate surface area is 322 Å². The molecule has 0 radical (unpaired) electrons. The molecule has 8 aromatic carbocycles. The Morgan fingerprint density at radius 3 is 1.50 bits per heavy atom. The molecule has 11 rings (SSSR count). The van der Waals surface area contributed by atoms with Crippen molar-refractivity contribution in [2.24, 2.45) is 0 Å². The maximum Gasteiger partial charge on any atom is 0.164 e. The minimum Gasteiger partial charge on any atom is -0.456 e. The molecule has 0 aliphatic rings. The summed E-state index contributed by atoms with van der Waals surface area (Å²) in [5.74, 6) is 2.66. The Morgan fingerprint density at radius 2 is 0.839 bits per heavy atom. The van der Waals surface area contributed by atoms with Gasteiger partial charge in [0, 0.05) is 44.1 Å². The van der Waals surface area contributed by atoms with Gasteiger partial charge in [-0.3, -0.25) is 0 Å². The first-order valence-electron chi connectivity index (χ1n) is 18.8. The highest BCUT2D eigenvalue weighted by molar-refractivity contribution is 6.09. The average Bonchev–Trinajstić information content (AvgIpc) is 3.86. The summed E-state index contributed by atoms with van der Waals surface area (Å²) in [5, 5.41) is 5.82. The third-order valence-corrected chi connectivity index (χ3v) is 10.7. The first-order chi connectivity index (χ1) is 27.7. The number of nitrogens with zero attached hydrogens (tertiary/aromatic N) is 4. The van der Waals surface area contributed by atoms with E-state index in [1.165, 1.54) is 32.9 Å². The molecular formula is C51H32N4O. The van der Waals surface area contributed by atoms with E-state index >= 15 is 0 Å². The molecule has 0 saturated heterocycles. The predicted molar refractivity (Wildman–Crippen MR) is 229 cm³/mol. The van der Waals surface area contributed by atoms with E-state index in [1.807, 2.05) is 24.3 Å². The Kier molecular flexibility index (Phi) is 7.42. The summed E-state index contributed by atoms with van der Waals surface area (Å²) in [5.41, 5.74) is 10.4. The van der Waals surface area contributed by atoms with Crippen LogP contribution in [0.2, 0.25) is 0 Å². The zero-order valence-corrected chi connectivity index (χ0v) is 30.2. The van der Waals surface area contributed by atoms with E-state index < -0.39 is 0 Å². The summed E-state index contributed by atoms with van der Waals surface area (Å²) in [6.07, 6.45) is 0. The van der Waals surface area contributed by atoms with Gasteiger partial charge in [0.05, 0.1) is 11.0 Å². The molecule has 262 valence electrons. The van der Waals surface area contributed by atoms with Crippen molar-refractivity contribution in [3.63, 3.8) is 0 Å². The number of fused-ring (bicyclic) bond motifs is 5. The molecule has 0 amide bonds. The summed E-state index contributed by atoms with van der Waals surface area (Å²) >= 11 is 0. The fraction of sp³-hybridized carbons (Fsp3) is 0. The van der Waals surface area contributed by atoms with E-state index in [0.29, 0.717) is 17.5 Å². The van der Waals surface area contributed by atoms with Gasteiger partial charge in [0.25, 0.3) is 0 Å². The Bertz CT molecular complexity index is 3150. The molecule has 0 spiro atoms. The smallest absolute Gasteiger partial charge is 0.164 e. The molecule has 0 atom stereocenters. The van der Waals surface area contributed by atoms with Gasteiger partial charge in [-0.25, -0.2) is 15.0 Å². The fourth-order valence-electron chi connectivity index (χ4n) is 7.83. The average molecular weight is 717 g/mol. The number of hydrogen-bond acceptors (Lipinski definition) is 4. The van der Waals surface area contributed by atoms with E-state index in [0.717, 1.165) is 55.4 Å². The summed E-state index contributed by atoms with van der Waals surface area (Å²) in [6, 6.07) is 67.5. The second-order valence-electron chi connectivity index (χ2n) is 14.1. The lowest BCUT2D eigenvalue weighted by molar-refractivity contribution is 0.631. The van der Waals surface area contributed by atoms with Crippen LogP contribution in [0.25, 0.3) is 106 Å². The van der Waals surface area contributed by atoms with E-state index in [4.69, 9.17) is 19.4 Å². The van der Waals surface area contributed by atoms with E-state index in [1.54, 1.807) is 0 Å². The van der Waals surface area contributed by atoms with Crippen LogP contribution in [0, 0.1) is 0 Å². The molecular weight excluding hydrogens is 685 g/mol. The van der Waals surface area contributed by atoms with Gasteiger partial charge in [-0.2, -0.15) is 0 Å². The fourth-order valence-corrected chi connectivity index (χ4v) is 7.83. The summed E-state index contributed by atoms with van der Waals surface area (Å²) in [7, 11) is 0. The molecule has 0 bridgehead atoms. The van der Waals surface area contributed by atoms with Crippen LogP contribution >= 0.6 is 0 Å². The van der Waals surface area contributed by atoms with E-state index in [9.17, 15) is 0 Å². The molecule has 3 aromatic heterocycles. The SMILES string of the molecule is c1ccc(-c2ccc3cc(-c4nc(-c5ccc(-c6cc7ccccc7o6)cc5)nc(-c5ccc(-n6c7ccccc7c7ccccc76)cc5)n4)ccc3c2)cc1. The third-order valence-electron chi connectivity index (χ3n) is 10.7. The lowest BCUT2D eigenvalue weighted by atomic mass is 10.00. The molecule has 0 unspecified atom stereocenters. The largest absolute Gasteiger partial charge is 0.456 e. The van der Waals surface area contributed by atoms with Gasteiger partial charge < -0.3 is 8.98 Å². The summed E-state index contributed by atoms with van der Waals surface area (Å²) in [6.45, 7) is 0. The molecule has 3 heterocycles. The molecule has 0 aliphatic carbocycles. The van der Waals surface area contributed by atoms with Gasteiger partial charge in [-0.15, -0.1) is 0 Å². The lowest BCUT2D eigenvalue weighted by Crippen LogP contribution is -2.00. The molecule has 0 saturated carbocycles. The Balaban J connectivity index is 1.01. The number of benzene rings is 8. The molecule has 11 aromatic rings. The van der Waals surface area contributed by atoms with Crippen LogP contribution < -0.4 is 0 Å². The monoisotopic (exact) mass is 716 g/mol. The van der Waals surface area contributed by atoms with Crippen LogP contribution in [0.4, 0.5) is 0 Å². The first kappa shape index (κ1) is 31.9. The van der Waals surface area contributed by atoms with Gasteiger partial charge in [0.15, 0.2) is 17.5 Å². The first-order valence-corrected chi connectivity index (χ1v) is 18.8. The standard InChI is InChI=1S/C51H32N4O/c1-2-10-33(11-3-1)37-22-23-39-31-41(25-24-38(39)30-37)51-53-49(35-20-18-34(19-21-35)48-32-40-12-4-9-17-47(40)56-48)52-50(54-51)36-26-28-42(29-27-36)55-45-15-7-5-13-43(45)44-14-6-8-16-46(44)55/h1-32H. The van der Waals surface area contributed by atoms with Crippen molar-refractivity contribution in [1.29, 1.82) is 0 Å². The van der Waals surface area contributed by atoms with Crippen LogP contribution in [-0.2, 0) is 0 Å². The minimum atomic E-state index is 0.604. The van der Waals surface area contributed by atoms with E-state index in [2.05, 4.69) is 174 Å². The third kappa shape index (κ3) is 5.53. The normalized spacial score (nSPS) is 11.6. The molecule has 56 heavy (non-hydrogen) atoms. The lowest BCUT2D eigenvalue weighted by Gasteiger charge is -2.11. The van der Waals surface area contributed by atoms with Crippen LogP contribution in [0.3, 0.4) is 0 Å². The topological polar surface area (TPSA) is 56.7 Å². The van der Waals surface area contributed by atoms with Crippen molar-refractivity contribution >= 4 is 43.5 Å². The van der Waals surface area contributed by atoms with Crippen LogP contribution in [0.1, 0.15) is 0 Å². The van der Waals surface area contributed by atoms with Crippen LogP contribution in [0.5, 0.6) is 0 Å². The van der Waals surface area contributed by atoms with E-state index in [-0.39, 0.29) is 0 Å². The highest BCUT2D eigenvalue weighted by Crippen LogP contribution is 2.35. The second kappa shape index (κ2) is 13.0. The molecule has 5 heteroatoms. The predicted octanol–water partition coefficient (Wildman–Crippen LogP) is 13.2. The van der Waals surface area contributed by atoms with Crippen LogP contribution in [0.15, 0.2) is 199 Å². The Morgan fingerprint density at radius 1 is 0.339 bits per heavy atom. The number of rotatable bonds is 6. The van der Waals surface area contributed by atoms with Gasteiger partial charge >= 0.3 is 0 Å². The van der Waals surface area contributed by atoms with Gasteiger partial charge in [0.2, 0.25) is 0 Å². The van der Waals surface area contributed by atoms with Crippen molar-refractivity contribution in [2.75, 3.05) is 0 Å².